The molecule has 1 rings (SSSR count). The Kier molecular flexibility index (Phi) is 3.39. The normalized spacial score (nSPS) is 10.0. The summed E-state index contributed by atoms with van der Waals surface area (Å²) in [5.41, 5.74) is 0. The first-order valence-electron chi connectivity index (χ1n) is 3.90. The number of hydrogen-bond acceptors (Lipinski definition) is 3. The summed E-state index contributed by atoms with van der Waals surface area (Å²) in [5, 5.41) is 5.01. The van der Waals surface area contributed by atoms with E-state index in [-0.39, 0.29) is 0 Å². The van der Waals surface area contributed by atoms with Crippen LogP contribution in [0.25, 0.3) is 0 Å². The van der Waals surface area contributed by atoms with Crippen LogP contribution in [0.5, 0.6) is 0 Å². The molecule has 0 unspecified atom stereocenters. The molecule has 0 atom stereocenters. The summed E-state index contributed by atoms with van der Waals surface area (Å²) in [6, 6.07) is 4.06. The van der Waals surface area contributed by atoms with Gasteiger partial charge in [-0.25, -0.2) is 5.84 Å². The average Bonchev–Trinajstić information content (AvgIpc) is 2.52. The van der Waals surface area contributed by atoms with Crippen LogP contribution in [0.3, 0.4) is 0 Å². The minimum atomic E-state index is 0.955. The first kappa shape index (κ1) is 8.56. The second-order valence-corrected chi connectivity index (χ2v) is 3.42. The van der Waals surface area contributed by atoms with Gasteiger partial charge in [-0.2, -0.15) is 0 Å². The molecular formula is C8H14N2S. The SMILES string of the molecule is CCCCN(N)c1cccs1. The largest absolute Gasteiger partial charge is 0.302 e. The fourth-order valence-corrected chi connectivity index (χ4v) is 1.55. The van der Waals surface area contributed by atoms with E-state index in [1.165, 1.54) is 6.42 Å². The van der Waals surface area contributed by atoms with Crippen molar-refractivity contribution in [3.8, 4) is 0 Å². The zero-order valence-corrected chi connectivity index (χ0v) is 7.60. The topological polar surface area (TPSA) is 29.3 Å². The van der Waals surface area contributed by atoms with E-state index < -0.39 is 0 Å². The van der Waals surface area contributed by atoms with Gasteiger partial charge in [-0.05, 0) is 23.9 Å². The van der Waals surface area contributed by atoms with Gasteiger partial charge in [0, 0.05) is 6.54 Å². The molecule has 0 aromatic carbocycles. The van der Waals surface area contributed by atoms with Crippen molar-refractivity contribution in [3.05, 3.63) is 17.5 Å². The van der Waals surface area contributed by atoms with Crippen molar-refractivity contribution in [2.45, 2.75) is 19.8 Å². The predicted molar refractivity (Wildman–Crippen MR) is 50.8 cm³/mol. The van der Waals surface area contributed by atoms with E-state index in [0.717, 1.165) is 18.0 Å². The molecule has 11 heavy (non-hydrogen) atoms. The minimum absolute atomic E-state index is 0.955. The summed E-state index contributed by atoms with van der Waals surface area (Å²) in [6.07, 6.45) is 2.35. The van der Waals surface area contributed by atoms with Gasteiger partial charge < -0.3 is 5.01 Å². The second-order valence-electron chi connectivity index (χ2n) is 2.50. The Hall–Kier alpha value is -0.540. The number of hydrazine groups is 1. The van der Waals surface area contributed by atoms with Crippen molar-refractivity contribution >= 4 is 16.3 Å². The molecule has 0 radical (unpaired) electrons. The van der Waals surface area contributed by atoms with Crippen molar-refractivity contribution in [3.63, 3.8) is 0 Å². The van der Waals surface area contributed by atoms with Crippen LogP contribution >= 0.6 is 11.3 Å². The van der Waals surface area contributed by atoms with Crippen LogP contribution in [0.15, 0.2) is 17.5 Å². The fourth-order valence-electron chi connectivity index (χ4n) is 0.872. The fraction of sp³-hybridized carbons (Fsp3) is 0.500. The van der Waals surface area contributed by atoms with E-state index in [9.17, 15) is 0 Å². The smallest absolute Gasteiger partial charge is 0.105 e. The third-order valence-corrected chi connectivity index (χ3v) is 2.45. The van der Waals surface area contributed by atoms with E-state index >= 15 is 0 Å². The van der Waals surface area contributed by atoms with Crippen LogP contribution in [0, 0.1) is 0 Å². The summed E-state index contributed by atoms with van der Waals surface area (Å²) >= 11 is 1.68. The summed E-state index contributed by atoms with van der Waals surface area (Å²) in [4.78, 5) is 0. The highest BCUT2D eigenvalue weighted by molar-refractivity contribution is 7.14. The lowest BCUT2D eigenvalue weighted by Gasteiger charge is -2.14. The molecule has 0 saturated carbocycles. The molecule has 0 amide bonds. The molecule has 2 N–H and O–H groups in total. The highest BCUT2D eigenvalue weighted by Crippen LogP contribution is 2.18. The van der Waals surface area contributed by atoms with E-state index in [0.29, 0.717) is 0 Å². The predicted octanol–water partition coefficient (Wildman–Crippen LogP) is 2.23. The number of rotatable bonds is 4. The van der Waals surface area contributed by atoms with Crippen LogP contribution in [0.2, 0.25) is 0 Å². The van der Waals surface area contributed by atoms with Gasteiger partial charge in [0.2, 0.25) is 0 Å². The molecular weight excluding hydrogens is 156 g/mol. The maximum Gasteiger partial charge on any atom is 0.105 e. The quantitative estimate of drug-likeness (QED) is 0.554. The minimum Gasteiger partial charge on any atom is -0.302 e. The molecule has 62 valence electrons. The first-order valence-corrected chi connectivity index (χ1v) is 4.78. The summed E-state index contributed by atoms with van der Waals surface area (Å²) in [6.45, 7) is 3.12. The van der Waals surface area contributed by atoms with Gasteiger partial charge in [0.15, 0.2) is 0 Å². The number of anilines is 1. The standard InChI is InChI=1S/C8H14N2S/c1-2-3-6-10(9)8-5-4-7-11-8/h4-5,7H,2-3,6,9H2,1H3. The number of nitrogens with two attached hydrogens (primary N) is 1. The number of unbranched alkanes of at least 4 members (excludes halogenated alkanes) is 1. The number of hydrogen-bond donors (Lipinski definition) is 1. The van der Waals surface area contributed by atoms with Crippen molar-refractivity contribution < 1.29 is 0 Å². The lowest BCUT2D eigenvalue weighted by Crippen LogP contribution is -2.30. The Morgan fingerprint density at radius 2 is 2.45 bits per heavy atom. The van der Waals surface area contributed by atoms with Crippen molar-refractivity contribution in [2.75, 3.05) is 11.6 Å². The van der Waals surface area contributed by atoms with Crippen molar-refractivity contribution in [1.82, 2.24) is 0 Å². The Balaban J connectivity index is 2.36. The molecule has 0 bridgehead atoms. The lowest BCUT2D eigenvalue weighted by atomic mass is 10.3. The summed E-state index contributed by atoms with van der Waals surface area (Å²) < 4.78 is 0. The van der Waals surface area contributed by atoms with E-state index in [4.69, 9.17) is 5.84 Å². The van der Waals surface area contributed by atoms with Gasteiger partial charge in [0.05, 0.1) is 0 Å². The molecule has 1 heterocycles. The molecule has 0 fully saturated rings. The average molecular weight is 170 g/mol. The molecule has 1 aromatic heterocycles. The Labute approximate surface area is 71.6 Å². The maximum absolute atomic E-state index is 5.77. The van der Waals surface area contributed by atoms with Crippen LogP contribution in [0.4, 0.5) is 5.00 Å². The number of thiophene rings is 1. The molecule has 0 aliphatic heterocycles. The number of nitrogens with zero attached hydrogens (tertiary/aromatic N) is 1. The van der Waals surface area contributed by atoms with Gasteiger partial charge in [0.1, 0.15) is 5.00 Å². The van der Waals surface area contributed by atoms with Gasteiger partial charge in [-0.3, -0.25) is 0 Å². The van der Waals surface area contributed by atoms with E-state index in [1.807, 2.05) is 22.5 Å². The molecule has 1 aromatic rings. The molecule has 3 heteroatoms. The van der Waals surface area contributed by atoms with Crippen LogP contribution in [0.1, 0.15) is 19.8 Å². The Bertz CT molecular complexity index is 184. The highest BCUT2D eigenvalue weighted by Gasteiger charge is 1.99. The third kappa shape index (κ3) is 2.52. The van der Waals surface area contributed by atoms with Crippen molar-refractivity contribution in [2.24, 2.45) is 5.84 Å². The van der Waals surface area contributed by atoms with Gasteiger partial charge >= 0.3 is 0 Å². The second kappa shape index (κ2) is 4.36. The Morgan fingerprint density at radius 1 is 1.64 bits per heavy atom. The highest BCUT2D eigenvalue weighted by atomic mass is 32.1. The van der Waals surface area contributed by atoms with Gasteiger partial charge in [0.25, 0.3) is 0 Å². The van der Waals surface area contributed by atoms with Gasteiger partial charge in [-0.1, -0.05) is 13.3 Å². The molecule has 0 saturated heterocycles. The maximum atomic E-state index is 5.77. The molecule has 0 aliphatic rings. The zero-order valence-electron chi connectivity index (χ0n) is 6.79. The molecule has 2 nitrogen and oxygen atoms in total. The lowest BCUT2D eigenvalue weighted by molar-refractivity contribution is 0.743. The first-order chi connectivity index (χ1) is 5.34. The zero-order chi connectivity index (χ0) is 8.10. The Morgan fingerprint density at radius 3 is 3.00 bits per heavy atom. The third-order valence-electron chi connectivity index (χ3n) is 1.54. The van der Waals surface area contributed by atoms with Gasteiger partial charge in [-0.15, -0.1) is 11.3 Å². The summed E-state index contributed by atoms with van der Waals surface area (Å²) in [5.74, 6) is 5.77. The van der Waals surface area contributed by atoms with Crippen LogP contribution < -0.4 is 10.9 Å². The van der Waals surface area contributed by atoms with Crippen LogP contribution in [-0.2, 0) is 0 Å². The molecule has 0 aliphatic carbocycles. The van der Waals surface area contributed by atoms with E-state index in [2.05, 4.69) is 6.92 Å². The molecule has 0 spiro atoms. The van der Waals surface area contributed by atoms with Crippen LogP contribution in [-0.4, -0.2) is 6.54 Å². The van der Waals surface area contributed by atoms with Crippen molar-refractivity contribution in [1.29, 1.82) is 0 Å². The van der Waals surface area contributed by atoms with E-state index in [1.54, 1.807) is 11.3 Å². The summed E-state index contributed by atoms with van der Waals surface area (Å²) in [7, 11) is 0. The monoisotopic (exact) mass is 170 g/mol.